The van der Waals surface area contributed by atoms with Gasteiger partial charge in [0.25, 0.3) is 0 Å². The Bertz CT molecular complexity index is 1460. The summed E-state index contributed by atoms with van der Waals surface area (Å²) in [5.74, 6) is 0.452. The summed E-state index contributed by atoms with van der Waals surface area (Å²) in [6, 6.07) is 15.3. The number of aliphatic hydroxyl groups excluding tert-OH is 1. The van der Waals surface area contributed by atoms with Crippen LogP contribution in [0.3, 0.4) is 0 Å². The molecule has 1 aliphatic carbocycles. The molecule has 8 heteroatoms. The number of aliphatic hydroxyl groups is 1. The zero-order valence-electron chi connectivity index (χ0n) is 15.9. The SMILES string of the molecule is O=c1[nH]c2cnc(-n3cnc4ccccc43)nc2n1[C@@H]1CC[C@H](O)c2ccccc21. The smallest absolute Gasteiger partial charge is 0.328 e. The Hall–Kier alpha value is -3.78. The van der Waals surface area contributed by atoms with E-state index in [2.05, 4.69) is 15.0 Å². The minimum absolute atomic E-state index is 0.201. The van der Waals surface area contributed by atoms with E-state index in [1.165, 1.54) is 0 Å². The quantitative estimate of drug-likeness (QED) is 0.476. The van der Waals surface area contributed by atoms with Gasteiger partial charge in [0.1, 0.15) is 11.8 Å². The summed E-state index contributed by atoms with van der Waals surface area (Å²) in [4.78, 5) is 29.4. The number of rotatable bonds is 2. The monoisotopic (exact) mass is 398 g/mol. The van der Waals surface area contributed by atoms with Crippen molar-refractivity contribution in [2.45, 2.75) is 25.0 Å². The Morgan fingerprint density at radius 3 is 2.70 bits per heavy atom. The third kappa shape index (κ3) is 2.44. The van der Waals surface area contributed by atoms with Gasteiger partial charge in [0, 0.05) is 0 Å². The number of benzene rings is 2. The van der Waals surface area contributed by atoms with Gasteiger partial charge in [-0.3, -0.25) is 9.13 Å². The van der Waals surface area contributed by atoms with Crippen LogP contribution in [0.15, 0.2) is 65.8 Å². The van der Waals surface area contributed by atoms with Gasteiger partial charge in [0.15, 0.2) is 5.65 Å². The van der Waals surface area contributed by atoms with Crippen molar-refractivity contribution < 1.29 is 5.11 Å². The molecule has 3 heterocycles. The number of nitrogens with one attached hydrogen (secondary N) is 1. The molecule has 3 aromatic heterocycles. The lowest BCUT2D eigenvalue weighted by Crippen LogP contribution is -2.27. The summed E-state index contributed by atoms with van der Waals surface area (Å²) < 4.78 is 3.50. The van der Waals surface area contributed by atoms with Crippen molar-refractivity contribution in [3.8, 4) is 5.95 Å². The molecule has 148 valence electrons. The van der Waals surface area contributed by atoms with Crippen LogP contribution in [0.4, 0.5) is 0 Å². The second-order valence-electron chi connectivity index (χ2n) is 7.55. The van der Waals surface area contributed by atoms with Crippen LogP contribution in [0.1, 0.15) is 36.1 Å². The lowest BCUT2D eigenvalue weighted by molar-refractivity contribution is 0.147. The number of aromatic nitrogens is 6. The number of aromatic amines is 1. The van der Waals surface area contributed by atoms with E-state index in [9.17, 15) is 9.90 Å². The molecule has 0 amide bonds. The van der Waals surface area contributed by atoms with E-state index in [0.29, 0.717) is 30.0 Å². The number of para-hydroxylation sites is 2. The van der Waals surface area contributed by atoms with Crippen molar-refractivity contribution in [2.24, 2.45) is 0 Å². The highest BCUT2D eigenvalue weighted by Gasteiger charge is 2.29. The van der Waals surface area contributed by atoms with E-state index >= 15 is 0 Å². The van der Waals surface area contributed by atoms with Crippen LogP contribution < -0.4 is 5.69 Å². The summed E-state index contributed by atoms with van der Waals surface area (Å²) in [6.45, 7) is 0. The van der Waals surface area contributed by atoms with Gasteiger partial charge in [-0.1, -0.05) is 36.4 Å². The molecule has 0 fully saturated rings. The topological polar surface area (TPSA) is 102 Å². The molecular formula is C22H18N6O2. The maximum absolute atomic E-state index is 12.9. The average molecular weight is 398 g/mol. The summed E-state index contributed by atoms with van der Waals surface area (Å²) in [5, 5.41) is 10.4. The fourth-order valence-electron chi connectivity index (χ4n) is 4.44. The van der Waals surface area contributed by atoms with Crippen LogP contribution >= 0.6 is 0 Å². The maximum atomic E-state index is 12.9. The molecule has 0 bridgehead atoms. The molecule has 0 aliphatic heterocycles. The Morgan fingerprint density at radius 1 is 1.00 bits per heavy atom. The molecule has 2 N–H and O–H groups in total. The molecule has 0 unspecified atom stereocenters. The van der Waals surface area contributed by atoms with E-state index in [1.807, 2.05) is 53.1 Å². The van der Waals surface area contributed by atoms with Gasteiger partial charge in [-0.05, 0) is 36.1 Å². The first kappa shape index (κ1) is 17.1. The standard InChI is InChI=1S/C22H18N6O2/c29-19-10-9-17(13-5-1-2-6-14(13)19)28-20-16(25-22(28)30)11-23-21(26-20)27-12-24-15-7-3-4-8-18(15)27/h1-8,11-12,17,19,29H,9-10H2,(H,25,30)/t17-,19+/m1/s1. The Labute approximate surface area is 170 Å². The van der Waals surface area contributed by atoms with Crippen molar-refractivity contribution in [3.63, 3.8) is 0 Å². The maximum Gasteiger partial charge on any atom is 0.328 e. The summed E-state index contributed by atoms with van der Waals surface area (Å²) in [7, 11) is 0. The van der Waals surface area contributed by atoms with Crippen LogP contribution in [0, 0.1) is 0 Å². The summed E-state index contributed by atoms with van der Waals surface area (Å²) >= 11 is 0. The highest BCUT2D eigenvalue weighted by atomic mass is 16.3. The van der Waals surface area contributed by atoms with Gasteiger partial charge >= 0.3 is 5.69 Å². The number of H-pyrrole nitrogens is 1. The second kappa shape index (κ2) is 6.36. The fourth-order valence-corrected chi connectivity index (χ4v) is 4.44. The molecular weight excluding hydrogens is 380 g/mol. The third-order valence-electron chi connectivity index (χ3n) is 5.85. The fraction of sp³-hybridized carbons (Fsp3) is 0.182. The van der Waals surface area contributed by atoms with Gasteiger partial charge in [-0.15, -0.1) is 0 Å². The zero-order chi connectivity index (χ0) is 20.2. The molecule has 2 atom stereocenters. The molecule has 2 aromatic carbocycles. The minimum Gasteiger partial charge on any atom is -0.388 e. The van der Waals surface area contributed by atoms with Crippen LogP contribution in [0.5, 0.6) is 0 Å². The lowest BCUT2D eigenvalue weighted by atomic mass is 9.85. The number of imidazole rings is 2. The van der Waals surface area contributed by atoms with Gasteiger partial charge < -0.3 is 10.1 Å². The van der Waals surface area contributed by atoms with E-state index in [0.717, 1.165) is 22.2 Å². The predicted octanol–water partition coefficient (Wildman–Crippen LogP) is 2.88. The van der Waals surface area contributed by atoms with Crippen molar-refractivity contribution in [1.29, 1.82) is 0 Å². The zero-order valence-corrected chi connectivity index (χ0v) is 15.9. The average Bonchev–Trinajstić information content (AvgIpc) is 3.34. The van der Waals surface area contributed by atoms with E-state index < -0.39 is 6.10 Å². The van der Waals surface area contributed by atoms with Crippen molar-refractivity contribution in [3.05, 3.63) is 82.7 Å². The summed E-state index contributed by atoms with van der Waals surface area (Å²) in [6.07, 6.45) is 4.05. The highest BCUT2D eigenvalue weighted by Crippen LogP contribution is 2.38. The number of hydrogen-bond donors (Lipinski definition) is 2. The molecule has 0 spiro atoms. The van der Waals surface area contributed by atoms with E-state index in [1.54, 1.807) is 17.1 Å². The number of fused-ring (bicyclic) bond motifs is 3. The Balaban J connectivity index is 1.56. The van der Waals surface area contributed by atoms with E-state index in [-0.39, 0.29) is 11.7 Å². The molecule has 6 rings (SSSR count). The van der Waals surface area contributed by atoms with Gasteiger partial charge in [-0.25, -0.2) is 14.8 Å². The second-order valence-corrected chi connectivity index (χ2v) is 7.55. The third-order valence-corrected chi connectivity index (χ3v) is 5.85. The molecule has 0 saturated carbocycles. The highest BCUT2D eigenvalue weighted by molar-refractivity contribution is 5.77. The van der Waals surface area contributed by atoms with Gasteiger partial charge in [-0.2, -0.15) is 4.98 Å². The first-order valence-electron chi connectivity index (χ1n) is 9.87. The normalized spacial score (nSPS) is 18.7. The van der Waals surface area contributed by atoms with Crippen molar-refractivity contribution in [1.82, 2.24) is 29.1 Å². The van der Waals surface area contributed by atoms with Crippen LogP contribution in [0.2, 0.25) is 0 Å². The predicted molar refractivity (Wildman–Crippen MR) is 112 cm³/mol. The first-order valence-corrected chi connectivity index (χ1v) is 9.87. The van der Waals surface area contributed by atoms with Crippen molar-refractivity contribution >= 4 is 22.2 Å². The number of hydrogen-bond acceptors (Lipinski definition) is 5. The molecule has 30 heavy (non-hydrogen) atoms. The lowest BCUT2D eigenvalue weighted by Gasteiger charge is -2.29. The summed E-state index contributed by atoms with van der Waals surface area (Å²) in [5.41, 5.74) is 4.45. The molecule has 1 aliphatic rings. The largest absolute Gasteiger partial charge is 0.388 e. The molecule has 0 saturated heterocycles. The van der Waals surface area contributed by atoms with Crippen LogP contribution in [-0.4, -0.2) is 34.2 Å². The Kier molecular flexibility index (Phi) is 3.63. The van der Waals surface area contributed by atoms with Gasteiger partial charge in [0.05, 0.1) is 29.4 Å². The molecule has 8 nitrogen and oxygen atoms in total. The van der Waals surface area contributed by atoms with Gasteiger partial charge in [0.2, 0.25) is 5.95 Å². The van der Waals surface area contributed by atoms with Crippen LogP contribution in [0.25, 0.3) is 28.1 Å². The van der Waals surface area contributed by atoms with E-state index in [4.69, 9.17) is 4.98 Å². The number of nitrogens with zero attached hydrogens (tertiary/aromatic N) is 5. The molecule has 5 aromatic rings. The van der Waals surface area contributed by atoms with Crippen molar-refractivity contribution in [2.75, 3.05) is 0 Å². The molecule has 0 radical (unpaired) electrons. The Morgan fingerprint density at radius 2 is 1.80 bits per heavy atom. The minimum atomic E-state index is -0.513. The van der Waals surface area contributed by atoms with Crippen LogP contribution in [-0.2, 0) is 0 Å². The first-order chi connectivity index (χ1) is 14.7.